The van der Waals surface area contributed by atoms with Crippen LogP contribution in [0.3, 0.4) is 0 Å². The van der Waals surface area contributed by atoms with Gasteiger partial charge < -0.3 is 9.32 Å². The van der Waals surface area contributed by atoms with Gasteiger partial charge in [0, 0.05) is 23.2 Å². The zero-order chi connectivity index (χ0) is 17.1. The summed E-state index contributed by atoms with van der Waals surface area (Å²) in [5.74, 6) is 1.15. The third-order valence-electron chi connectivity index (χ3n) is 3.40. The summed E-state index contributed by atoms with van der Waals surface area (Å²) in [7, 11) is 0. The zero-order valence-corrected chi connectivity index (χ0v) is 16.0. The normalized spacial score (nSPS) is 11.4. The Morgan fingerprint density at radius 1 is 1.26 bits per heavy atom. The van der Waals surface area contributed by atoms with Crippen LogP contribution in [0.4, 0.5) is 0 Å². The van der Waals surface area contributed by atoms with Gasteiger partial charge in [0.1, 0.15) is 15.7 Å². The summed E-state index contributed by atoms with van der Waals surface area (Å²) in [5.41, 5.74) is 0.466. The number of fused-ring (bicyclic) bond motifs is 1. The van der Waals surface area contributed by atoms with Gasteiger partial charge in [-0.2, -0.15) is 0 Å². The van der Waals surface area contributed by atoms with E-state index in [0.29, 0.717) is 39.6 Å². The molecule has 2 aromatic rings. The molecule has 0 bridgehead atoms. The third-order valence-corrected chi connectivity index (χ3v) is 5.09. The molecule has 0 aliphatic carbocycles. The minimum atomic E-state index is -0.0835. The van der Waals surface area contributed by atoms with E-state index in [9.17, 15) is 4.79 Å². The van der Waals surface area contributed by atoms with Gasteiger partial charge in [-0.1, -0.05) is 35.6 Å². The van der Waals surface area contributed by atoms with E-state index in [0.717, 1.165) is 4.32 Å². The first-order valence-corrected chi connectivity index (χ1v) is 9.24. The summed E-state index contributed by atoms with van der Waals surface area (Å²) < 4.78 is 6.60. The van der Waals surface area contributed by atoms with E-state index < -0.39 is 0 Å². The molecule has 6 heteroatoms. The lowest BCUT2D eigenvalue weighted by Crippen LogP contribution is -2.39. The maximum Gasteiger partial charge on any atom is 0.193 e. The number of hydrogen-bond donors (Lipinski definition) is 0. The predicted octanol–water partition coefficient (Wildman–Crippen LogP) is 5.08. The first kappa shape index (κ1) is 18.3. The summed E-state index contributed by atoms with van der Waals surface area (Å²) in [5, 5.41) is 1.03. The van der Waals surface area contributed by atoms with Crippen molar-refractivity contribution in [3.05, 3.63) is 45.3 Å². The van der Waals surface area contributed by atoms with Gasteiger partial charge in [0.2, 0.25) is 0 Å². The highest BCUT2D eigenvalue weighted by molar-refractivity contribution is 8.22. The van der Waals surface area contributed by atoms with Crippen LogP contribution in [0.5, 0.6) is 0 Å². The molecule has 0 saturated carbocycles. The Morgan fingerprint density at radius 2 is 1.91 bits per heavy atom. The third kappa shape index (κ3) is 4.49. The summed E-state index contributed by atoms with van der Waals surface area (Å²) in [6.45, 7) is 8.47. The van der Waals surface area contributed by atoms with Crippen molar-refractivity contribution in [1.29, 1.82) is 0 Å². The van der Waals surface area contributed by atoms with Gasteiger partial charge in [0.25, 0.3) is 0 Å². The lowest BCUT2D eigenvalue weighted by Gasteiger charge is -2.32. The van der Waals surface area contributed by atoms with Crippen LogP contribution in [-0.4, -0.2) is 21.3 Å². The second-order valence-corrected chi connectivity index (χ2v) is 7.91. The maximum absolute atomic E-state index is 12.2. The van der Waals surface area contributed by atoms with Crippen LogP contribution >= 0.6 is 35.6 Å². The predicted molar refractivity (Wildman–Crippen MR) is 103 cm³/mol. The number of rotatable bonds is 4. The van der Waals surface area contributed by atoms with Gasteiger partial charge in [-0.25, -0.2) is 0 Å². The van der Waals surface area contributed by atoms with E-state index in [-0.39, 0.29) is 5.43 Å². The molecule has 2 rings (SSSR count). The first-order valence-electron chi connectivity index (χ1n) is 7.47. The van der Waals surface area contributed by atoms with E-state index >= 15 is 0 Å². The largest absolute Gasteiger partial charge is 0.460 e. The smallest absolute Gasteiger partial charge is 0.193 e. The van der Waals surface area contributed by atoms with Crippen LogP contribution in [0, 0.1) is 0 Å². The molecule has 0 aliphatic heterocycles. The van der Waals surface area contributed by atoms with Crippen molar-refractivity contribution < 1.29 is 4.42 Å². The van der Waals surface area contributed by atoms with Crippen LogP contribution in [0.1, 0.15) is 33.5 Å². The SMILES string of the molecule is CC(C)N(C(=S)SCc1cc(=O)c2cc(Cl)ccc2o1)C(C)C. The molecule has 23 heavy (non-hydrogen) atoms. The van der Waals surface area contributed by atoms with Crippen molar-refractivity contribution in [3.63, 3.8) is 0 Å². The summed E-state index contributed by atoms with van der Waals surface area (Å²) in [6, 6.07) is 7.25. The van der Waals surface area contributed by atoms with Crippen LogP contribution in [0.15, 0.2) is 33.5 Å². The second kappa shape index (κ2) is 7.69. The van der Waals surface area contributed by atoms with E-state index in [4.69, 9.17) is 28.2 Å². The first-order chi connectivity index (χ1) is 10.8. The highest BCUT2D eigenvalue weighted by atomic mass is 35.5. The molecule has 0 aliphatic rings. The van der Waals surface area contributed by atoms with Crippen molar-refractivity contribution >= 4 is 50.9 Å². The molecule has 0 atom stereocenters. The van der Waals surface area contributed by atoms with Crippen LogP contribution in [-0.2, 0) is 5.75 Å². The van der Waals surface area contributed by atoms with E-state index in [1.165, 1.54) is 17.8 Å². The zero-order valence-electron chi connectivity index (χ0n) is 13.6. The number of thioether (sulfide) groups is 1. The number of thiocarbonyl (C=S) groups is 1. The Balaban J connectivity index is 2.18. The van der Waals surface area contributed by atoms with Gasteiger partial charge >= 0.3 is 0 Å². The van der Waals surface area contributed by atoms with Crippen molar-refractivity contribution in [3.8, 4) is 0 Å². The van der Waals surface area contributed by atoms with E-state index in [1.807, 2.05) is 0 Å². The van der Waals surface area contributed by atoms with E-state index in [1.54, 1.807) is 18.2 Å². The van der Waals surface area contributed by atoms with Gasteiger partial charge in [0.05, 0.1) is 11.1 Å². The molecule has 0 radical (unpaired) electrons. The molecule has 124 valence electrons. The Bertz CT molecular complexity index is 763. The Morgan fingerprint density at radius 3 is 2.52 bits per heavy atom. The van der Waals surface area contributed by atoms with Crippen LogP contribution < -0.4 is 5.43 Å². The molecule has 1 heterocycles. The molecule has 0 spiro atoms. The highest BCUT2D eigenvalue weighted by Crippen LogP contribution is 2.23. The van der Waals surface area contributed by atoms with Crippen molar-refractivity contribution in [1.82, 2.24) is 4.90 Å². The second-order valence-electron chi connectivity index (χ2n) is 5.87. The molecular formula is C17H20ClNO2S2. The molecule has 1 aromatic carbocycles. The summed E-state index contributed by atoms with van der Waals surface area (Å²) in [6.07, 6.45) is 0. The lowest BCUT2D eigenvalue weighted by atomic mass is 10.2. The fraction of sp³-hybridized carbons (Fsp3) is 0.412. The Hall–Kier alpha value is -1.04. The topological polar surface area (TPSA) is 33.5 Å². The fourth-order valence-electron chi connectivity index (χ4n) is 2.47. The molecule has 1 aromatic heterocycles. The van der Waals surface area contributed by atoms with Crippen LogP contribution in [0.2, 0.25) is 5.02 Å². The molecule has 0 unspecified atom stereocenters. The number of nitrogens with zero attached hydrogens (tertiary/aromatic N) is 1. The number of halogens is 1. The highest BCUT2D eigenvalue weighted by Gasteiger charge is 2.17. The molecule has 0 amide bonds. The minimum absolute atomic E-state index is 0.0835. The number of benzene rings is 1. The average Bonchev–Trinajstić information content (AvgIpc) is 2.45. The molecule has 3 nitrogen and oxygen atoms in total. The van der Waals surface area contributed by atoms with Gasteiger partial charge in [-0.15, -0.1) is 0 Å². The molecule has 0 N–H and O–H groups in total. The van der Waals surface area contributed by atoms with Crippen LogP contribution in [0.25, 0.3) is 11.0 Å². The summed E-state index contributed by atoms with van der Waals surface area (Å²) >= 11 is 13.0. The Kier molecular flexibility index (Phi) is 6.12. The average molecular weight is 370 g/mol. The van der Waals surface area contributed by atoms with Crippen molar-refractivity contribution in [2.45, 2.75) is 45.5 Å². The molecular weight excluding hydrogens is 350 g/mol. The number of hydrogen-bond acceptors (Lipinski definition) is 4. The van der Waals surface area contributed by atoms with Gasteiger partial charge in [-0.3, -0.25) is 4.79 Å². The molecule has 0 saturated heterocycles. The standard InChI is InChI=1S/C17H20ClNO2S2/c1-10(2)19(11(3)4)17(22)23-9-13-8-15(20)14-7-12(18)5-6-16(14)21-13/h5-8,10-11H,9H2,1-4H3. The van der Waals surface area contributed by atoms with E-state index in [2.05, 4.69) is 32.6 Å². The maximum atomic E-state index is 12.2. The van der Waals surface area contributed by atoms with Crippen molar-refractivity contribution in [2.24, 2.45) is 0 Å². The summed E-state index contributed by atoms with van der Waals surface area (Å²) in [4.78, 5) is 14.4. The Labute approximate surface area is 151 Å². The lowest BCUT2D eigenvalue weighted by molar-refractivity contribution is 0.303. The molecule has 0 fully saturated rings. The van der Waals surface area contributed by atoms with Gasteiger partial charge in [-0.05, 0) is 45.9 Å². The monoisotopic (exact) mass is 369 g/mol. The van der Waals surface area contributed by atoms with Gasteiger partial charge in [0.15, 0.2) is 5.43 Å². The minimum Gasteiger partial charge on any atom is -0.460 e. The quantitative estimate of drug-likeness (QED) is 0.701. The fourth-order valence-corrected chi connectivity index (χ4v) is 4.22. The van der Waals surface area contributed by atoms with Crippen molar-refractivity contribution in [2.75, 3.05) is 0 Å².